The van der Waals surface area contributed by atoms with Crippen molar-refractivity contribution in [1.29, 1.82) is 0 Å². The van der Waals surface area contributed by atoms with Crippen LogP contribution in [0.3, 0.4) is 0 Å². The lowest BCUT2D eigenvalue weighted by atomic mass is 10.1. The predicted molar refractivity (Wildman–Crippen MR) is 104 cm³/mol. The largest absolute Gasteiger partial charge is 0.485 e. The van der Waals surface area contributed by atoms with Crippen LogP contribution in [0.15, 0.2) is 48.5 Å². The molecular weight excluding hydrogens is 425 g/mol. The topological polar surface area (TPSA) is 31.4 Å². The second-order valence-corrected chi connectivity index (χ2v) is 7.44. The number of thiazole rings is 1. The van der Waals surface area contributed by atoms with Gasteiger partial charge in [0.2, 0.25) is 0 Å². The Hall–Kier alpha value is -2.68. The van der Waals surface area contributed by atoms with Crippen molar-refractivity contribution in [3.8, 4) is 22.1 Å². The van der Waals surface area contributed by atoms with Crippen molar-refractivity contribution in [2.45, 2.75) is 39.2 Å². The molecule has 0 saturated heterocycles. The number of hydrogen-bond acceptors (Lipinski definition) is 4. The van der Waals surface area contributed by atoms with E-state index < -0.39 is 24.5 Å². The van der Waals surface area contributed by atoms with Crippen LogP contribution in [0.1, 0.15) is 35.6 Å². The number of aryl methyl sites for hydroxylation is 1. The Kier molecular flexibility index (Phi) is 6.60. The number of aromatic nitrogens is 1. The first-order valence-electron chi connectivity index (χ1n) is 9.04. The third kappa shape index (κ3) is 5.27. The van der Waals surface area contributed by atoms with Gasteiger partial charge in [0, 0.05) is 11.6 Å². The van der Waals surface area contributed by atoms with E-state index in [0.29, 0.717) is 28.4 Å². The Balaban J connectivity index is 1.82. The molecule has 1 aromatic heterocycles. The number of alkyl halides is 5. The van der Waals surface area contributed by atoms with Crippen LogP contribution in [0.2, 0.25) is 0 Å². The summed E-state index contributed by atoms with van der Waals surface area (Å²) in [6.07, 6.45) is -4.21. The molecule has 0 aliphatic heterocycles. The lowest BCUT2D eigenvalue weighted by Crippen LogP contribution is -2.07. The second kappa shape index (κ2) is 8.99. The van der Waals surface area contributed by atoms with Gasteiger partial charge in [0.15, 0.2) is 0 Å². The highest BCUT2D eigenvalue weighted by Gasteiger charge is 2.30. The van der Waals surface area contributed by atoms with Gasteiger partial charge in [-0.1, -0.05) is 25.1 Å². The van der Waals surface area contributed by atoms with Crippen molar-refractivity contribution in [1.82, 2.24) is 4.98 Å². The summed E-state index contributed by atoms with van der Waals surface area (Å²) >= 11 is 1.32. The van der Waals surface area contributed by atoms with Gasteiger partial charge >= 0.3 is 12.8 Å². The number of halogens is 5. The van der Waals surface area contributed by atoms with Crippen molar-refractivity contribution in [2.75, 3.05) is 0 Å². The smallest absolute Gasteiger partial charge is 0.416 e. The van der Waals surface area contributed by atoms with Gasteiger partial charge in [-0.25, -0.2) is 4.98 Å². The van der Waals surface area contributed by atoms with Gasteiger partial charge < -0.3 is 9.47 Å². The molecule has 160 valence electrons. The molecule has 30 heavy (non-hydrogen) atoms. The minimum absolute atomic E-state index is 0.0103. The number of rotatable bonds is 7. The van der Waals surface area contributed by atoms with Crippen LogP contribution in [-0.2, 0) is 6.18 Å². The molecule has 1 heterocycles. The van der Waals surface area contributed by atoms with Gasteiger partial charge in [-0.15, -0.1) is 11.3 Å². The summed E-state index contributed by atoms with van der Waals surface area (Å²) < 4.78 is 73.5. The first-order valence-corrected chi connectivity index (χ1v) is 9.85. The van der Waals surface area contributed by atoms with Crippen LogP contribution in [-0.4, -0.2) is 11.6 Å². The van der Waals surface area contributed by atoms with Crippen LogP contribution >= 0.6 is 11.3 Å². The number of benzene rings is 2. The first kappa shape index (κ1) is 22.0. The van der Waals surface area contributed by atoms with Crippen molar-refractivity contribution in [3.05, 3.63) is 64.7 Å². The van der Waals surface area contributed by atoms with Crippen molar-refractivity contribution < 1.29 is 31.4 Å². The third-order valence-electron chi connectivity index (χ3n) is 4.26. The third-order valence-corrected chi connectivity index (χ3v) is 5.56. The maximum absolute atomic E-state index is 12.8. The minimum atomic E-state index is -4.40. The van der Waals surface area contributed by atoms with Crippen LogP contribution in [0.25, 0.3) is 10.6 Å². The number of ether oxygens (including phenoxy) is 2. The summed E-state index contributed by atoms with van der Waals surface area (Å²) in [6, 6.07) is 10.8. The molecule has 0 N–H and O–H groups in total. The summed E-state index contributed by atoms with van der Waals surface area (Å²) in [5, 5.41) is 0.577. The monoisotopic (exact) mass is 443 g/mol. The Labute approximate surface area is 174 Å². The highest BCUT2D eigenvalue weighted by Crippen LogP contribution is 2.37. The van der Waals surface area contributed by atoms with E-state index in [4.69, 9.17) is 4.74 Å². The van der Waals surface area contributed by atoms with E-state index in [1.807, 2.05) is 6.92 Å². The molecule has 0 aliphatic rings. The van der Waals surface area contributed by atoms with Crippen molar-refractivity contribution >= 4 is 11.3 Å². The molecule has 0 aliphatic carbocycles. The summed E-state index contributed by atoms with van der Waals surface area (Å²) in [4.78, 5) is 5.29. The van der Waals surface area contributed by atoms with Crippen LogP contribution < -0.4 is 9.47 Å². The Morgan fingerprint density at radius 2 is 1.63 bits per heavy atom. The van der Waals surface area contributed by atoms with Crippen molar-refractivity contribution in [3.63, 3.8) is 0 Å². The molecule has 1 atom stereocenters. The van der Waals surface area contributed by atoms with E-state index in [9.17, 15) is 22.0 Å². The zero-order valence-corrected chi connectivity index (χ0v) is 16.9. The van der Waals surface area contributed by atoms with Crippen LogP contribution in [0, 0.1) is 6.92 Å². The van der Waals surface area contributed by atoms with Gasteiger partial charge in [-0.2, -0.15) is 22.0 Å². The molecule has 1 unspecified atom stereocenters. The predicted octanol–water partition coefficient (Wildman–Crippen LogP) is 7.27. The SMILES string of the molecule is CCC(Oc1cccc(OC(F)F)c1)c1sc(-c2ccc(C(F)(F)F)cc2)nc1C. The summed E-state index contributed by atoms with van der Waals surface area (Å²) in [5.74, 6) is 0.354. The zero-order valence-electron chi connectivity index (χ0n) is 16.0. The molecule has 0 fully saturated rings. The van der Waals surface area contributed by atoms with E-state index in [0.717, 1.165) is 17.0 Å². The molecular formula is C21H18F5NO2S. The van der Waals surface area contributed by atoms with Gasteiger partial charge in [-0.05, 0) is 37.6 Å². The number of nitrogens with zero attached hydrogens (tertiary/aromatic N) is 1. The summed E-state index contributed by atoms with van der Waals surface area (Å²) in [7, 11) is 0. The summed E-state index contributed by atoms with van der Waals surface area (Å²) in [5.41, 5.74) is 0.548. The first-order chi connectivity index (χ1) is 14.2. The normalized spacial score (nSPS) is 12.8. The van der Waals surface area contributed by atoms with E-state index in [1.165, 1.54) is 35.6 Å². The fraction of sp³-hybridized carbons (Fsp3) is 0.286. The lowest BCUT2D eigenvalue weighted by molar-refractivity contribution is -0.137. The highest BCUT2D eigenvalue weighted by molar-refractivity contribution is 7.15. The van der Waals surface area contributed by atoms with E-state index in [-0.39, 0.29) is 5.75 Å². The number of hydrogen-bond donors (Lipinski definition) is 0. The van der Waals surface area contributed by atoms with E-state index in [1.54, 1.807) is 19.1 Å². The molecule has 3 rings (SSSR count). The quantitative estimate of drug-likeness (QED) is 0.360. The average Bonchev–Trinajstić information content (AvgIpc) is 3.07. The Bertz CT molecular complexity index is 986. The minimum Gasteiger partial charge on any atom is -0.485 e. The molecule has 0 spiro atoms. The fourth-order valence-electron chi connectivity index (χ4n) is 2.84. The Morgan fingerprint density at radius 1 is 1.00 bits per heavy atom. The molecule has 3 nitrogen and oxygen atoms in total. The average molecular weight is 443 g/mol. The maximum atomic E-state index is 12.8. The molecule has 0 saturated carbocycles. The standard InChI is InChI=1S/C21H18F5NO2S/c1-3-17(28-15-5-4-6-16(11-15)29-20(22)23)18-12(2)27-19(30-18)13-7-9-14(10-8-13)21(24,25)26/h4-11,17,20H,3H2,1-2H3. The summed E-state index contributed by atoms with van der Waals surface area (Å²) in [6.45, 7) is 0.764. The second-order valence-electron chi connectivity index (χ2n) is 6.41. The van der Waals surface area contributed by atoms with Gasteiger partial charge in [0.05, 0.1) is 16.1 Å². The van der Waals surface area contributed by atoms with Gasteiger partial charge in [-0.3, -0.25) is 0 Å². The van der Waals surface area contributed by atoms with Gasteiger partial charge in [0.1, 0.15) is 22.6 Å². The van der Waals surface area contributed by atoms with Gasteiger partial charge in [0.25, 0.3) is 0 Å². The molecule has 3 aromatic rings. The molecule has 0 radical (unpaired) electrons. The van der Waals surface area contributed by atoms with Crippen LogP contribution in [0.4, 0.5) is 22.0 Å². The lowest BCUT2D eigenvalue weighted by Gasteiger charge is -2.17. The molecule has 9 heteroatoms. The molecule has 0 amide bonds. The van der Waals surface area contributed by atoms with Crippen LogP contribution in [0.5, 0.6) is 11.5 Å². The molecule has 2 aromatic carbocycles. The Morgan fingerprint density at radius 3 is 2.20 bits per heavy atom. The fourth-order valence-corrected chi connectivity index (χ4v) is 4.03. The van der Waals surface area contributed by atoms with Crippen molar-refractivity contribution in [2.24, 2.45) is 0 Å². The van der Waals surface area contributed by atoms with E-state index in [2.05, 4.69) is 9.72 Å². The molecule has 0 bridgehead atoms. The van der Waals surface area contributed by atoms with E-state index >= 15 is 0 Å². The zero-order chi connectivity index (χ0) is 21.9. The highest BCUT2D eigenvalue weighted by atomic mass is 32.1. The maximum Gasteiger partial charge on any atom is 0.416 e.